The van der Waals surface area contributed by atoms with Crippen LogP contribution < -0.4 is 0 Å². The van der Waals surface area contributed by atoms with Crippen LogP contribution in [-0.2, 0) is 19.3 Å². The molecule has 2 aromatic rings. The zero-order valence-corrected chi connectivity index (χ0v) is 13.3. The highest BCUT2D eigenvalue weighted by atomic mass is 19.4. The maximum atomic E-state index is 13.1. The molecule has 1 aromatic carbocycles. The molecule has 8 heteroatoms. The second-order valence-electron chi connectivity index (χ2n) is 5.94. The zero-order chi connectivity index (χ0) is 17.0. The predicted molar refractivity (Wildman–Crippen MR) is 83.2 cm³/mol. The van der Waals surface area contributed by atoms with E-state index in [4.69, 9.17) is 0 Å². The van der Waals surface area contributed by atoms with Crippen molar-refractivity contribution in [1.82, 2.24) is 24.8 Å². The molecule has 0 saturated carbocycles. The summed E-state index contributed by atoms with van der Waals surface area (Å²) < 4.78 is 41.0. The van der Waals surface area contributed by atoms with Gasteiger partial charge in [-0.3, -0.25) is 14.5 Å². The molecule has 0 amide bonds. The van der Waals surface area contributed by atoms with E-state index in [1.807, 2.05) is 6.20 Å². The Labute approximate surface area is 138 Å². The van der Waals surface area contributed by atoms with Gasteiger partial charge in [0.2, 0.25) is 0 Å². The van der Waals surface area contributed by atoms with Gasteiger partial charge in [-0.2, -0.15) is 13.2 Å². The Morgan fingerprint density at radius 3 is 2.33 bits per heavy atom. The first-order valence-electron chi connectivity index (χ1n) is 7.96. The number of piperazine rings is 1. The number of hydrogen-bond donors (Lipinski definition) is 0. The van der Waals surface area contributed by atoms with Crippen molar-refractivity contribution >= 4 is 0 Å². The van der Waals surface area contributed by atoms with Crippen molar-refractivity contribution in [1.29, 1.82) is 0 Å². The molecule has 24 heavy (non-hydrogen) atoms. The van der Waals surface area contributed by atoms with E-state index in [2.05, 4.69) is 20.1 Å². The van der Waals surface area contributed by atoms with Crippen LogP contribution in [0.25, 0.3) is 0 Å². The van der Waals surface area contributed by atoms with Crippen LogP contribution in [0.5, 0.6) is 0 Å². The largest absolute Gasteiger partial charge is 0.416 e. The molecular weight excluding hydrogens is 319 g/mol. The lowest BCUT2D eigenvalue weighted by molar-refractivity contribution is -0.138. The van der Waals surface area contributed by atoms with Crippen LogP contribution in [0.4, 0.5) is 13.2 Å². The summed E-state index contributed by atoms with van der Waals surface area (Å²) in [7, 11) is 0. The van der Waals surface area contributed by atoms with Crippen molar-refractivity contribution in [2.45, 2.75) is 19.3 Å². The molecule has 1 saturated heterocycles. The predicted octanol–water partition coefficient (Wildman–Crippen LogP) is 2.11. The highest BCUT2D eigenvalue weighted by Gasteiger charge is 2.33. The number of halogens is 3. The maximum Gasteiger partial charge on any atom is 0.416 e. The third-order valence-corrected chi connectivity index (χ3v) is 4.30. The second-order valence-corrected chi connectivity index (χ2v) is 5.94. The third kappa shape index (κ3) is 4.33. The molecule has 0 atom stereocenters. The van der Waals surface area contributed by atoms with Crippen molar-refractivity contribution in [2.24, 2.45) is 0 Å². The summed E-state index contributed by atoms with van der Waals surface area (Å²) in [5, 5.41) is 7.69. The Morgan fingerprint density at radius 2 is 1.67 bits per heavy atom. The Hall–Kier alpha value is -1.93. The van der Waals surface area contributed by atoms with Gasteiger partial charge in [0.15, 0.2) is 0 Å². The molecule has 1 aliphatic heterocycles. The van der Waals surface area contributed by atoms with Gasteiger partial charge in [0.25, 0.3) is 0 Å². The molecule has 1 aliphatic rings. The first-order chi connectivity index (χ1) is 11.5. The normalized spacial score (nSPS) is 17.3. The lowest BCUT2D eigenvalue weighted by Gasteiger charge is -2.35. The van der Waals surface area contributed by atoms with Crippen molar-refractivity contribution < 1.29 is 13.2 Å². The van der Waals surface area contributed by atoms with Crippen LogP contribution in [0, 0.1) is 0 Å². The lowest BCUT2D eigenvalue weighted by atomic mass is 10.1. The fraction of sp³-hybridized carbons (Fsp3) is 0.500. The van der Waals surface area contributed by atoms with Gasteiger partial charge in [-0.1, -0.05) is 23.4 Å². The van der Waals surface area contributed by atoms with E-state index in [1.165, 1.54) is 6.07 Å². The molecule has 5 nitrogen and oxygen atoms in total. The zero-order valence-electron chi connectivity index (χ0n) is 13.3. The molecule has 0 bridgehead atoms. The van der Waals surface area contributed by atoms with Crippen LogP contribution >= 0.6 is 0 Å². The van der Waals surface area contributed by atoms with Crippen LogP contribution in [0.2, 0.25) is 0 Å². The molecule has 130 valence electrons. The Kier molecular flexibility index (Phi) is 5.15. The quantitative estimate of drug-likeness (QED) is 0.836. The number of aromatic nitrogens is 3. The molecule has 2 heterocycles. The van der Waals surface area contributed by atoms with Crippen LogP contribution in [0.1, 0.15) is 11.1 Å². The van der Waals surface area contributed by atoms with Crippen LogP contribution in [0.3, 0.4) is 0 Å². The summed E-state index contributed by atoms with van der Waals surface area (Å²) >= 11 is 0. The second kappa shape index (κ2) is 7.31. The van der Waals surface area contributed by atoms with Crippen molar-refractivity contribution in [3.8, 4) is 0 Å². The Balaban J connectivity index is 1.51. The number of alkyl halides is 3. The molecule has 1 fully saturated rings. The molecule has 1 aromatic heterocycles. The third-order valence-electron chi connectivity index (χ3n) is 4.30. The van der Waals surface area contributed by atoms with Gasteiger partial charge in [-0.05, 0) is 11.6 Å². The topological polar surface area (TPSA) is 37.2 Å². The van der Waals surface area contributed by atoms with E-state index in [0.29, 0.717) is 12.1 Å². The van der Waals surface area contributed by atoms with Gasteiger partial charge in [-0.15, -0.1) is 5.10 Å². The van der Waals surface area contributed by atoms with Crippen LogP contribution in [0.15, 0.2) is 36.7 Å². The summed E-state index contributed by atoms with van der Waals surface area (Å²) in [6.45, 7) is 5.22. The average Bonchev–Trinajstić information content (AvgIpc) is 3.07. The highest BCUT2D eigenvalue weighted by Crippen LogP contribution is 2.32. The standard InChI is InChI=1S/C16H20F3N5/c17-16(18,19)15-4-2-1-3-14(15)13-23-9-7-22(8-10-23)11-12-24-6-5-20-21-24/h1-6H,7-13H2. The fourth-order valence-electron chi connectivity index (χ4n) is 2.94. The Morgan fingerprint density at radius 1 is 0.958 bits per heavy atom. The number of hydrogen-bond acceptors (Lipinski definition) is 4. The first-order valence-corrected chi connectivity index (χ1v) is 7.96. The summed E-state index contributed by atoms with van der Waals surface area (Å²) in [5.41, 5.74) is -0.181. The minimum absolute atomic E-state index is 0.340. The molecule has 0 N–H and O–H groups in total. The van der Waals surface area contributed by atoms with Crippen molar-refractivity contribution in [3.63, 3.8) is 0 Å². The van der Waals surface area contributed by atoms with E-state index in [9.17, 15) is 13.2 Å². The van der Waals surface area contributed by atoms with Gasteiger partial charge >= 0.3 is 6.18 Å². The fourth-order valence-corrected chi connectivity index (χ4v) is 2.94. The molecule has 0 unspecified atom stereocenters. The summed E-state index contributed by atoms with van der Waals surface area (Å²) in [5.74, 6) is 0. The Bertz CT molecular complexity index is 633. The smallest absolute Gasteiger partial charge is 0.299 e. The van der Waals surface area contributed by atoms with Gasteiger partial charge in [0.1, 0.15) is 0 Å². The van der Waals surface area contributed by atoms with Crippen LogP contribution in [-0.4, -0.2) is 57.5 Å². The van der Waals surface area contributed by atoms with Gasteiger partial charge in [0.05, 0.1) is 18.3 Å². The van der Waals surface area contributed by atoms with Gasteiger partial charge in [-0.25, -0.2) is 0 Å². The summed E-state index contributed by atoms with van der Waals surface area (Å²) in [4.78, 5) is 4.38. The minimum Gasteiger partial charge on any atom is -0.299 e. The molecule has 0 aliphatic carbocycles. The van der Waals surface area contributed by atoms with E-state index >= 15 is 0 Å². The van der Waals surface area contributed by atoms with Gasteiger partial charge in [0, 0.05) is 45.5 Å². The number of rotatable bonds is 5. The first kappa shape index (κ1) is 16.9. The molecule has 0 spiro atoms. The monoisotopic (exact) mass is 339 g/mol. The summed E-state index contributed by atoms with van der Waals surface area (Å²) in [6, 6.07) is 5.83. The maximum absolute atomic E-state index is 13.1. The van der Waals surface area contributed by atoms with Gasteiger partial charge < -0.3 is 0 Å². The molecule has 0 radical (unpaired) electrons. The summed E-state index contributed by atoms with van der Waals surface area (Å²) in [6.07, 6.45) is -0.823. The van der Waals surface area contributed by atoms with E-state index in [1.54, 1.807) is 23.0 Å². The SMILES string of the molecule is FC(F)(F)c1ccccc1CN1CCN(CCn2ccnn2)CC1. The van der Waals surface area contributed by atoms with Crippen molar-refractivity contribution in [2.75, 3.05) is 32.7 Å². The van der Waals surface area contributed by atoms with E-state index < -0.39 is 11.7 Å². The molecule has 3 rings (SSSR count). The average molecular weight is 339 g/mol. The molecular formula is C16H20F3N5. The lowest BCUT2D eigenvalue weighted by Crippen LogP contribution is -2.46. The number of nitrogens with zero attached hydrogens (tertiary/aromatic N) is 5. The number of benzene rings is 1. The highest BCUT2D eigenvalue weighted by molar-refractivity contribution is 5.29. The van der Waals surface area contributed by atoms with E-state index in [-0.39, 0.29) is 0 Å². The minimum atomic E-state index is -4.30. The van der Waals surface area contributed by atoms with E-state index in [0.717, 1.165) is 45.3 Å². The van der Waals surface area contributed by atoms with Crippen molar-refractivity contribution in [3.05, 3.63) is 47.8 Å².